The molecule has 4 aromatic rings. The molecule has 0 aliphatic rings. The van der Waals surface area contributed by atoms with Gasteiger partial charge in [0.2, 0.25) is 5.91 Å². The van der Waals surface area contributed by atoms with Gasteiger partial charge in [0, 0.05) is 19.3 Å². The predicted octanol–water partition coefficient (Wildman–Crippen LogP) is 9.19. The number of hydrogen-bond acceptors (Lipinski definition) is 6. The summed E-state index contributed by atoms with van der Waals surface area (Å²) in [5.74, 6) is -0.304. The van der Waals surface area contributed by atoms with Crippen molar-refractivity contribution in [3.8, 4) is 5.75 Å². The molecule has 0 radical (unpaired) electrons. The molecule has 274 valence electrons. The van der Waals surface area contributed by atoms with E-state index in [4.69, 9.17) is 14.9 Å². The van der Waals surface area contributed by atoms with Crippen molar-refractivity contribution in [2.45, 2.75) is 89.5 Å². The first-order chi connectivity index (χ1) is 24.1. The minimum absolute atomic E-state index is 0.0629. The lowest BCUT2D eigenvalue weighted by Crippen LogP contribution is -2.45. The number of ether oxygens (including phenoxy) is 1. The molecule has 4 aromatic carbocycles. The number of nitrogens with one attached hydrogen (secondary N) is 1. The molecule has 5 atom stereocenters. The van der Waals surface area contributed by atoms with Crippen LogP contribution in [0.25, 0.3) is 0 Å². The second-order valence-electron chi connectivity index (χ2n) is 14.9. The summed E-state index contributed by atoms with van der Waals surface area (Å²) in [6.45, 7) is 13.3. The normalized spacial score (nSPS) is 15.0. The average molecular weight is 714 g/mol. The SMILES string of the molecule is COc1ccc([C@@H](Nc2ccc(CN)cc2)[C@@H](CC[C@H](O[Si](C)(C)C(C)(C)C)c2ccc(F)cc2)C(=O)N(C)[C@@H](C)[C@@H](O)c2ccccc2)cc1. The third-order valence-corrected chi connectivity index (χ3v) is 15.0. The molecule has 0 saturated heterocycles. The number of hydrogen-bond donors (Lipinski definition) is 3. The average Bonchev–Trinajstić information content (AvgIpc) is 3.13. The summed E-state index contributed by atoms with van der Waals surface area (Å²) in [5.41, 5.74) is 10.3. The van der Waals surface area contributed by atoms with Gasteiger partial charge in [0.15, 0.2) is 8.32 Å². The number of aliphatic hydroxyl groups is 1. The number of nitrogens with zero attached hydrogens (tertiary/aromatic N) is 1. The number of methoxy groups -OCH3 is 1. The number of anilines is 1. The quantitative estimate of drug-likeness (QED) is 0.100. The Morgan fingerprint density at radius 2 is 1.47 bits per heavy atom. The van der Waals surface area contributed by atoms with E-state index >= 15 is 0 Å². The van der Waals surface area contributed by atoms with E-state index in [0.29, 0.717) is 25.1 Å². The molecular weight excluding hydrogens is 658 g/mol. The van der Waals surface area contributed by atoms with Crippen molar-refractivity contribution >= 4 is 19.9 Å². The number of nitrogens with two attached hydrogens (primary N) is 1. The third kappa shape index (κ3) is 10.3. The van der Waals surface area contributed by atoms with E-state index in [2.05, 4.69) is 39.2 Å². The maximum atomic E-state index is 14.9. The van der Waals surface area contributed by atoms with Crippen LogP contribution in [0.4, 0.5) is 10.1 Å². The molecule has 0 aliphatic carbocycles. The van der Waals surface area contributed by atoms with Crippen LogP contribution in [0.15, 0.2) is 103 Å². The first-order valence-corrected chi connectivity index (χ1v) is 20.7. The molecule has 0 unspecified atom stereocenters. The van der Waals surface area contributed by atoms with E-state index in [1.807, 2.05) is 85.8 Å². The molecule has 0 fully saturated rings. The standard InChI is InChI=1S/C42H56FN3O4Si/c1-29(40(47)33-12-10-9-11-13-33)46(5)41(48)37(26-27-38(31-16-20-34(43)21-17-31)50-51(7,8)42(2,3)4)39(32-18-24-36(49-6)25-19-32)45-35-22-14-30(28-44)15-23-35/h9-25,29,37-40,45,47H,26-28,44H2,1-8H3/t29-,37+,38-,39+,40+/m0/s1. The van der Waals surface area contributed by atoms with Crippen molar-refractivity contribution in [3.63, 3.8) is 0 Å². The summed E-state index contributed by atoms with van der Waals surface area (Å²) in [6, 6.07) is 30.6. The molecule has 0 saturated carbocycles. The highest BCUT2D eigenvalue weighted by atomic mass is 28.4. The number of rotatable bonds is 16. The Morgan fingerprint density at radius 1 is 0.882 bits per heavy atom. The second kappa shape index (κ2) is 17.5. The van der Waals surface area contributed by atoms with Gasteiger partial charge in [-0.2, -0.15) is 0 Å². The first-order valence-electron chi connectivity index (χ1n) is 17.8. The fourth-order valence-electron chi connectivity index (χ4n) is 6.01. The van der Waals surface area contributed by atoms with Gasteiger partial charge in [-0.1, -0.05) is 87.5 Å². The van der Waals surface area contributed by atoms with E-state index in [9.17, 15) is 14.3 Å². The lowest BCUT2D eigenvalue weighted by Gasteiger charge is -2.40. The van der Waals surface area contributed by atoms with Crippen LogP contribution in [0.1, 0.15) is 81.0 Å². The lowest BCUT2D eigenvalue weighted by atomic mass is 9.85. The smallest absolute Gasteiger partial charge is 0.228 e. The number of benzene rings is 4. The van der Waals surface area contributed by atoms with Crippen molar-refractivity contribution in [1.82, 2.24) is 4.90 Å². The molecule has 0 aliphatic heterocycles. The van der Waals surface area contributed by atoms with Crippen molar-refractivity contribution in [3.05, 3.63) is 131 Å². The number of carbonyl (C=O) groups is 1. The fourth-order valence-corrected chi connectivity index (χ4v) is 7.33. The fraction of sp³-hybridized carbons (Fsp3) is 0.405. The number of likely N-dealkylation sites (N-methyl/N-ethyl adjacent to an activating group) is 1. The summed E-state index contributed by atoms with van der Waals surface area (Å²) in [4.78, 5) is 16.6. The minimum Gasteiger partial charge on any atom is -0.497 e. The molecule has 4 N–H and O–H groups in total. The van der Waals surface area contributed by atoms with Crippen molar-refractivity contribution in [1.29, 1.82) is 0 Å². The van der Waals surface area contributed by atoms with Gasteiger partial charge in [-0.3, -0.25) is 4.79 Å². The highest BCUT2D eigenvalue weighted by molar-refractivity contribution is 6.74. The van der Waals surface area contributed by atoms with Crippen LogP contribution in [0.5, 0.6) is 5.75 Å². The van der Waals surface area contributed by atoms with Gasteiger partial charge >= 0.3 is 0 Å². The number of amides is 1. The van der Waals surface area contributed by atoms with Gasteiger partial charge in [0.1, 0.15) is 11.6 Å². The van der Waals surface area contributed by atoms with Gasteiger partial charge in [0.25, 0.3) is 0 Å². The van der Waals surface area contributed by atoms with E-state index in [0.717, 1.165) is 27.9 Å². The highest BCUT2D eigenvalue weighted by Gasteiger charge is 2.41. The van der Waals surface area contributed by atoms with Crippen molar-refractivity contribution in [2.24, 2.45) is 11.7 Å². The predicted molar refractivity (Wildman–Crippen MR) is 207 cm³/mol. The van der Waals surface area contributed by atoms with Crippen LogP contribution in [-0.2, 0) is 15.8 Å². The van der Waals surface area contributed by atoms with Crippen molar-refractivity contribution < 1.29 is 23.5 Å². The van der Waals surface area contributed by atoms with Crippen LogP contribution < -0.4 is 15.8 Å². The maximum absolute atomic E-state index is 14.9. The van der Waals surface area contributed by atoms with Gasteiger partial charge in [0.05, 0.1) is 37.3 Å². The van der Waals surface area contributed by atoms with Gasteiger partial charge in [-0.15, -0.1) is 0 Å². The highest BCUT2D eigenvalue weighted by Crippen LogP contribution is 2.42. The molecule has 4 rings (SSSR count). The van der Waals surface area contributed by atoms with Gasteiger partial charge < -0.3 is 30.2 Å². The molecule has 0 spiro atoms. The molecule has 9 heteroatoms. The Hall–Kier alpha value is -4.02. The number of halogens is 1. The van der Waals surface area contributed by atoms with E-state index in [1.165, 1.54) is 12.1 Å². The molecule has 7 nitrogen and oxygen atoms in total. The van der Waals surface area contributed by atoms with Crippen LogP contribution in [0.3, 0.4) is 0 Å². The van der Waals surface area contributed by atoms with Gasteiger partial charge in [-0.05, 0) is 96.5 Å². The molecule has 51 heavy (non-hydrogen) atoms. The zero-order valence-electron chi connectivity index (χ0n) is 31.4. The minimum atomic E-state index is -2.29. The van der Waals surface area contributed by atoms with E-state index < -0.39 is 32.4 Å². The Morgan fingerprint density at radius 3 is 2.02 bits per heavy atom. The molecule has 1 amide bonds. The Balaban J connectivity index is 1.79. The summed E-state index contributed by atoms with van der Waals surface area (Å²) in [7, 11) is 1.10. The molecule has 0 bridgehead atoms. The van der Waals surface area contributed by atoms with Crippen LogP contribution in [-0.4, -0.2) is 44.4 Å². The Labute approximate surface area is 305 Å². The molecular formula is C42H56FN3O4Si. The second-order valence-corrected chi connectivity index (χ2v) is 19.7. The van der Waals surface area contributed by atoms with Crippen LogP contribution in [0.2, 0.25) is 18.1 Å². The lowest BCUT2D eigenvalue weighted by molar-refractivity contribution is -0.139. The Bertz CT molecular complexity index is 1660. The zero-order valence-corrected chi connectivity index (χ0v) is 32.4. The Kier molecular flexibility index (Phi) is 13.6. The topological polar surface area (TPSA) is 97.1 Å². The zero-order chi connectivity index (χ0) is 37.3. The summed E-state index contributed by atoms with van der Waals surface area (Å²) >= 11 is 0. The summed E-state index contributed by atoms with van der Waals surface area (Å²) < 4.78 is 26.6. The van der Waals surface area contributed by atoms with E-state index in [1.54, 1.807) is 31.2 Å². The number of carbonyl (C=O) groups excluding carboxylic acids is 1. The first kappa shape index (κ1) is 39.8. The van der Waals surface area contributed by atoms with Crippen LogP contribution in [0, 0.1) is 11.7 Å². The van der Waals surface area contributed by atoms with Crippen molar-refractivity contribution in [2.75, 3.05) is 19.5 Å². The van der Waals surface area contributed by atoms with Gasteiger partial charge in [-0.25, -0.2) is 4.39 Å². The number of aliphatic hydroxyl groups excluding tert-OH is 1. The maximum Gasteiger partial charge on any atom is 0.228 e. The molecule has 0 heterocycles. The third-order valence-electron chi connectivity index (χ3n) is 10.5. The van der Waals surface area contributed by atoms with E-state index in [-0.39, 0.29) is 22.9 Å². The monoisotopic (exact) mass is 713 g/mol. The largest absolute Gasteiger partial charge is 0.497 e. The summed E-state index contributed by atoms with van der Waals surface area (Å²) in [6.07, 6.45) is -0.289. The molecule has 0 aromatic heterocycles. The summed E-state index contributed by atoms with van der Waals surface area (Å²) in [5, 5.41) is 15.0. The van der Waals surface area contributed by atoms with Crippen LogP contribution >= 0.6 is 0 Å².